The molecule has 1 aromatic heterocycles. The maximum absolute atomic E-state index is 11.7. The molecule has 22 heavy (non-hydrogen) atoms. The zero-order valence-corrected chi connectivity index (χ0v) is 14.6. The van der Waals surface area contributed by atoms with Crippen molar-refractivity contribution in [3.8, 4) is 11.5 Å². The van der Waals surface area contributed by atoms with Crippen molar-refractivity contribution in [2.24, 2.45) is 0 Å². The molecule has 0 unspecified atom stereocenters. The van der Waals surface area contributed by atoms with E-state index in [4.69, 9.17) is 9.15 Å². The van der Waals surface area contributed by atoms with Crippen LogP contribution in [0.2, 0.25) is 0 Å². The maximum Gasteiger partial charge on any atom is 0.277 e. The van der Waals surface area contributed by atoms with Gasteiger partial charge in [0.05, 0.1) is 12.4 Å². The number of carbonyl (C=O) groups excluding carboxylic acids is 1. The third kappa shape index (κ3) is 5.11. The minimum atomic E-state index is -0.100. The highest BCUT2D eigenvalue weighted by molar-refractivity contribution is 9.10. The van der Waals surface area contributed by atoms with Crippen molar-refractivity contribution in [1.82, 2.24) is 15.5 Å². The van der Waals surface area contributed by atoms with Crippen molar-refractivity contribution in [3.63, 3.8) is 0 Å². The number of nitrogens with zero attached hydrogens (tertiary/aromatic N) is 2. The van der Waals surface area contributed by atoms with Crippen LogP contribution in [0.1, 0.15) is 6.92 Å². The first-order chi connectivity index (χ1) is 10.6. The molecule has 1 atom stereocenters. The van der Waals surface area contributed by atoms with Gasteiger partial charge in [-0.15, -0.1) is 10.2 Å². The minimum absolute atomic E-state index is 0.0296. The third-order valence-electron chi connectivity index (χ3n) is 2.63. The molecule has 0 aliphatic rings. The molecular formula is C14H16BrN3O3S. The lowest BCUT2D eigenvalue weighted by Crippen LogP contribution is -2.36. The molecular weight excluding hydrogens is 370 g/mol. The predicted molar refractivity (Wildman–Crippen MR) is 87.6 cm³/mol. The number of rotatable bonds is 7. The Labute approximate surface area is 141 Å². The van der Waals surface area contributed by atoms with Gasteiger partial charge in [0, 0.05) is 23.2 Å². The number of ether oxygens (including phenoxy) is 1. The van der Waals surface area contributed by atoms with Crippen molar-refractivity contribution >= 4 is 33.6 Å². The lowest BCUT2D eigenvalue weighted by Gasteiger charge is -2.11. The molecule has 0 saturated heterocycles. The van der Waals surface area contributed by atoms with Crippen LogP contribution in [0.3, 0.4) is 0 Å². The fourth-order valence-electron chi connectivity index (χ4n) is 1.74. The molecule has 8 heteroatoms. The molecule has 118 valence electrons. The second-order valence-corrected chi connectivity index (χ2v) is 6.44. The molecule has 0 saturated carbocycles. The van der Waals surface area contributed by atoms with Gasteiger partial charge in [-0.05, 0) is 25.1 Å². The van der Waals surface area contributed by atoms with Gasteiger partial charge in [-0.2, -0.15) is 0 Å². The number of halogens is 1. The molecule has 0 aliphatic heterocycles. The number of nitrogens with one attached hydrogen (secondary N) is 1. The lowest BCUT2D eigenvalue weighted by molar-refractivity contribution is -0.119. The van der Waals surface area contributed by atoms with Crippen molar-refractivity contribution in [2.45, 2.75) is 18.2 Å². The summed E-state index contributed by atoms with van der Waals surface area (Å²) in [6, 6.07) is 7.55. The first-order valence-electron chi connectivity index (χ1n) is 6.59. The Hall–Kier alpha value is -1.38. The zero-order chi connectivity index (χ0) is 15.9. The number of hydrogen-bond acceptors (Lipinski definition) is 6. The van der Waals surface area contributed by atoms with Crippen LogP contribution in [-0.2, 0) is 9.53 Å². The highest BCUT2D eigenvalue weighted by Gasteiger charge is 2.12. The van der Waals surface area contributed by atoms with Crippen LogP contribution in [0.25, 0.3) is 11.5 Å². The Balaban J connectivity index is 1.88. The molecule has 1 amide bonds. The van der Waals surface area contributed by atoms with Gasteiger partial charge in [0.15, 0.2) is 0 Å². The molecule has 1 aromatic carbocycles. The molecule has 0 radical (unpaired) electrons. The van der Waals surface area contributed by atoms with Gasteiger partial charge < -0.3 is 14.5 Å². The number of aromatic nitrogens is 2. The van der Waals surface area contributed by atoms with E-state index in [0.29, 0.717) is 17.7 Å². The average Bonchev–Trinajstić information content (AvgIpc) is 2.94. The molecule has 0 bridgehead atoms. The number of methoxy groups -OCH3 is 1. The number of hydrogen-bond donors (Lipinski definition) is 1. The Morgan fingerprint density at radius 3 is 3.05 bits per heavy atom. The summed E-state index contributed by atoms with van der Waals surface area (Å²) in [5.41, 5.74) is 0.826. The topological polar surface area (TPSA) is 77.2 Å². The molecule has 1 heterocycles. The summed E-state index contributed by atoms with van der Waals surface area (Å²) in [4.78, 5) is 11.7. The molecule has 6 nitrogen and oxygen atoms in total. The minimum Gasteiger partial charge on any atom is -0.411 e. The van der Waals surface area contributed by atoms with Gasteiger partial charge in [-0.1, -0.05) is 33.8 Å². The molecule has 0 aliphatic carbocycles. The largest absolute Gasteiger partial charge is 0.411 e. The highest BCUT2D eigenvalue weighted by Crippen LogP contribution is 2.25. The number of thioether (sulfide) groups is 1. The molecule has 1 N–H and O–H groups in total. The maximum atomic E-state index is 11.7. The number of amides is 1. The average molecular weight is 386 g/mol. The SMILES string of the molecule is COC[C@@H](C)NC(=O)CSc1nnc(-c2cccc(Br)c2)o1. The van der Waals surface area contributed by atoms with Crippen LogP contribution in [0.4, 0.5) is 0 Å². The fraction of sp³-hybridized carbons (Fsp3) is 0.357. The molecule has 2 rings (SSSR count). The second-order valence-electron chi connectivity index (χ2n) is 4.60. The van der Waals surface area contributed by atoms with Gasteiger partial charge in [0.25, 0.3) is 5.22 Å². The highest BCUT2D eigenvalue weighted by atomic mass is 79.9. The summed E-state index contributed by atoms with van der Waals surface area (Å²) >= 11 is 4.60. The van der Waals surface area contributed by atoms with Crippen molar-refractivity contribution in [1.29, 1.82) is 0 Å². The predicted octanol–water partition coefficient (Wildman–Crippen LogP) is 2.74. The first kappa shape index (κ1) is 17.0. The van der Waals surface area contributed by atoms with Crippen LogP contribution >= 0.6 is 27.7 Å². The van der Waals surface area contributed by atoms with E-state index in [9.17, 15) is 4.79 Å². The smallest absolute Gasteiger partial charge is 0.277 e. The van der Waals surface area contributed by atoms with Crippen molar-refractivity contribution < 1.29 is 13.9 Å². The van der Waals surface area contributed by atoms with E-state index in [1.54, 1.807) is 7.11 Å². The normalized spacial score (nSPS) is 12.1. The summed E-state index contributed by atoms with van der Waals surface area (Å²) in [6.45, 7) is 2.36. The molecule has 2 aromatic rings. The van der Waals surface area contributed by atoms with Crippen molar-refractivity contribution in [3.05, 3.63) is 28.7 Å². The summed E-state index contributed by atoms with van der Waals surface area (Å²) in [5.74, 6) is 0.544. The van der Waals surface area contributed by atoms with Gasteiger partial charge in [0.2, 0.25) is 11.8 Å². The van der Waals surface area contributed by atoms with Crippen LogP contribution < -0.4 is 5.32 Å². The summed E-state index contributed by atoms with van der Waals surface area (Å²) in [6.07, 6.45) is 0. The zero-order valence-electron chi connectivity index (χ0n) is 12.2. The van der Waals surface area contributed by atoms with E-state index >= 15 is 0 Å². The quantitative estimate of drug-likeness (QED) is 0.738. The summed E-state index contributed by atoms with van der Waals surface area (Å²) in [5, 5.41) is 11.1. The number of carbonyl (C=O) groups is 1. The van der Waals surface area contributed by atoms with E-state index in [0.717, 1.165) is 10.0 Å². The first-order valence-corrected chi connectivity index (χ1v) is 8.37. The van der Waals surface area contributed by atoms with E-state index in [-0.39, 0.29) is 17.7 Å². The lowest BCUT2D eigenvalue weighted by atomic mass is 10.2. The van der Waals surface area contributed by atoms with E-state index < -0.39 is 0 Å². The van der Waals surface area contributed by atoms with E-state index in [1.807, 2.05) is 31.2 Å². The Kier molecular flexibility index (Phi) is 6.41. The molecule has 0 spiro atoms. The second kappa shape index (κ2) is 8.30. The number of benzene rings is 1. The van der Waals surface area contributed by atoms with Crippen LogP contribution in [0, 0.1) is 0 Å². The summed E-state index contributed by atoms with van der Waals surface area (Å²) < 4.78 is 11.4. The standard InChI is InChI=1S/C14H16BrN3O3S/c1-9(7-20-2)16-12(19)8-22-14-18-17-13(21-14)10-4-3-5-11(15)6-10/h3-6,9H,7-8H2,1-2H3,(H,16,19)/t9-/m1/s1. The van der Waals surface area contributed by atoms with Gasteiger partial charge >= 0.3 is 0 Å². The fourth-order valence-corrected chi connectivity index (χ4v) is 2.72. The van der Waals surface area contributed by atoms with E-state index in [1.165, 1.54) is 11.8 Å². The Bertz CT molecular complexity index is 635. The van der Waals surface area contributed by atoms with Crippen LogP contribution in [-0.4, -0.2) is 41.6 Å². The van der Waals surface area contributed by atoms with Gasteiger partial charge in [-0.3, -0.25) is 4.79 Å². The van der Waals surface area contributed by atoms with E-state index in [2.05, 4.69) is 31.4 Å². The Morgan fingerprint density at radius 1 is 1.50 bits per heavy atom. The molecule has 0 fully saturated rings. The van der Waals surface area contributed by atoms with Crippen molar-refractivity contribution in [2.75, 3.05) is 19.5 Å². The van der Waals surface area contributed by atoms with Gasteiger partial charge in [0.1, 0.15) is 0 Å². The summed E-state index contributed by atoms with van der Waals surface area (Å²) in [7, 11) is 1.60. The van der Waals surface area contributed by atoms with Gasteiger partial charge in [-0.25, -0.2) is 0 Å². The van der Waals surface area contributed by atoms with Crippen LogP contribution in [0.5, 0.6) is 0 Å². The monoisotopic (exact) mass is 385 g/mol. The Morgan fingerprint density at radius 2 is 2.32 bits per heavy atom. The third-order valence-corrected chi connectivity index (χ3v) is 3.94. The van der Waals surface area contributed by atoms with Crippen LogP contribution in [0.15, 0.2) is 38.4 Å².